The molecule has 1 aliphatic rings. The number of para-hydroxylation sites is 1. The smallest absolute Gasteiger partial charge is 0.228 e. The van der Waals surface area contributed by atoms with Crippen LogP contribution in [-0.2, 0) is 4.79 Å². The number of hydrogen-bond donors (Lipinski definition) is 1. The first-order valence-corrected chi connectivity index (χ1v) is 6.81. The van der Waals surface area contributed by atoms with E-state index >= 15 is 0 Å². The second kappa shape index (κ2) is 6.01. The molecule has 1 amide bonds. The maximum atomic E-state index is 12.2. The van der Waals surface area contributed by atoms with Gasteiger partial charge in [-0.3, -0.25) is 4.79 Å². The zero-order valence-electron chi connectivity index (χ0n) is 11.3. The zero-order valence-corrected chi connectivity index (χ0v) is 11.3. The van der Waals surface area contributed by atoms with Crippen LogP contribution in [0.4, 0.5) is 5.69 Å². The van der Waals surface area contributed by atoms with Gasteiger partial charge < -0.3 is 10.2 Å². The third kappa shape index (κ3) is 3.33. The molecule has 0 bridgehead atoms. The van der Waals surface area contributed by atoms with Crippen LogP contribution in [0.2, 0.25) is 0 Å². The molecule has 1 fully saturated rings. The Hall–Kier alpha value is -1.35. The number of carbonyl (C=O) groups excluding carboxylic acids is 1. The number of amides is 1. The van der Waals surface area contributed by atoms with Crippen LogP contribution in [0.25, 0.3) is 0 Å². The Balaban J connectivity index is 1.94. The number of aryl methyl sites for hydroxylation is 1. The molecular formula is C15H22N2O. The Morgan fingerprint density at radius 3 is 2.72 bits per heavy atom. The average molecular weight is 246 g/mol. The molecule has 18 heavy (non-hydrogen) atoms. The average Bonchev–Trinajstić information content (AvgIpc) is 3.16. The lowest BCUT2D eigenvalue weighted by molar-refractivity contribution is -0.118. The van der Waals surface area contributed by atoms with Gasteiger partial charge in [0.25, 0.3) is 0 Å². The van der Waals surface area contributed by atoms with Gasteiger partial charge in [-0.1, -0.05) is 18.2 Å². The van der Waals surface area contributed by atoms with Crippen LogP contribution < -0.4 is 10.2 Å². The van der Waals surface area contributed by atoms with Gasteiger partial charge in [-0.15, -0.1) is 0 Å². The van der Waals surface area contributed by atoms with E-state index in [1.54, 1.807) is 0 Å². The van der Waals surface area contributed by atoms with Gasteiger partial charge in [0.1, 0.15) is 0 Å². The molecule has 0 atom stereocenters. The molecule has 3 heteroatoms. The van der Waals surface area contributed by atoms with E-state index in [0.717, 1.165) is 24.3 Å². The second-order valence-electron chi connectivity index (χ2n) is 4.90. The Morgan fingerprint density at radius 1 is 1.39 bits per heavy atom. The minimum atomic E-state index is 0.208. The number of hydrogen-bond acceptors (Lipinski definition) is 2. The summed E-state index contributed by atoms with van der Waals surface area (Å²) in [4.78, 5) is 14.1. The van der Waals surface area contributed by atoms with E-state index in [9.17, 15) is 4.79 Å². The fraction of sp³-hybridized carbons (Fsp3) is 0.533. The molecule has 3 nitrogen and oxygen atoms in total. The van der Waals surface area contributed by atoms with E-state index in [4.69, 9.17) is 0 Å². The van der Waals surface area contributed by atoms with Crippen molar-refractivity contribution in [3.8, 4) is 0 Å². The Morgan fingerprint density at radius 2 is 2.11 bits per heavy atom. The minimum absolute atomic E-state index is 0.208. The number of nitrogens with zero attached hydrogens (tertiary/aromatic N) is 1. The first kappa shape index (κ1) is 13.1. The normalized spacial score (nSPS) is 14.6. The lowest BCUT2D eigenvalue weighted by Crippen LogP contribution is -2.33. The quantitative estimate of drug-likeness (QED) is 0.836. The summed E-state index contributed by atoms with van der Waals surface area (Å²) in [6.45, 7) is 5.60. The molecule has 98 valence electrons. The third-order valence-electron chi connectivity index (χ3n) is 3.37. The molecule has 1 N–H and O–H groups in total. The van der Waals surface area contributed by atoms with Gasteiger partial charge in [0.2, 0.25) is 5.91 Å². The molecule has 2 rings (SSSR count). The molecule has 0 unspecified atom stereocenters. The van der Waals surface area contributed by atoms with Crippen molar-refractivity contribution in [1.29, 1.82) is 0 Å². The lowest BCUT2D eigenvalue weighted by atomic mass is 10.1. The molecule has 1 aliphatic carbocycles. The van der Waals surface area contributed by atoms with Gasteiger partial charge in [0, 0.05) is 31.2 Å². The van der Waals surface area contributed by atoms with Crippen LogP contribution in [0.5, 0.6) is 0 Å². The molecule has 1 saturated carbocycles. The largest absolute Gasteiger partial charge is 0.313 e. The van der Waals surface area contributed by atoms with Crippen molar-refractivity contribution >= 4 is 11.6 Å². The summed E-state index contributed by atoms with van der Waals surface area (Å²) in [6.07, 6.45) is 3.12. The molecule has 0 aromatic heterocycles. The monoisotopic (exact) mass is 246 g/mol. The highest BCUT2D eigenvalue weighted by Crippen LogP contribution is 2.21. The lowest BCUT2D eigenvalue weighted by Gasteiger charge is -2.23. The summed E-state index contributed by atoms with van der Waals surface area (Å²) >= 11 is 0. The van der Waals surface area contributed by atoms with Gasteiger partial charge in [0.05, 0.1) is 0 Å². The number of rotatable bonds is 6. The van der Waals surface area contributed by atoms with Crippen molar-refractivity contribution in [1.82, 2.24) is 5.32 Å². The number of nitrogens with one attached hydrogen (secondary N) is 1. The topological polar surface area (TPSA) is 32.3 Å². The van der Waals surface area contributed by atoms with Gasteiger partial charge >= 0.3 is 0 Å². The summed E-state index contributed by atoms with van der Waals surface area (Å²) in [5.41, 5.74) is 2.19. The Kier molecular flexibility index (Phi) is 4.37. The number of benzene rings is 1. The van der Waals surface area contributed by atoms with E-state index in [2.05, 4.69) is 5.32 Å². The highest BCUT2D eigenvalue weighted by molar-refractivity contribution is 5.94. The highest BCUT2D eigenvalue weighted by Gasteiger charge is 2.21. The number of carbonyl (C=O) groups is 1. The highest BCUT2D eigenvalue weighted by atomic mass is 16.2. The fourth-order valence-corrected chi connectivity index (χ4v) is 2.15. The minimum Gasteiger partial charge on any atom is -0.313 e. The summed E-state index contributed by atoms with van der Waals surface area (Å²) in [5.74, 6) is 0.208. The van der Waals surface area contributed by atoms with Crippen LogP contribution in [0.1, 0.15) is 31.7 Å². The summed E-state index contributed by atoms with van der Waals surface area (Å²) in [5, 5.41) is 3.39. The van der Waals surface area contributed by atoms with Crippen molar-refractivity contribution in [3.05, 3.63) is 29.8 Å². The second-order valence-corrected chi connectivity index (χ2v) is 4.90. The van der Waals surface area contributed by atoms with Crippen LogP contribution in [0, 0.1) is 6.92 Å². The Bertz CT molecular complexity index is 413. The van der Waals surface area contributed by atoms with Gasteiger partial charge in [-0.2, -0.15) is 0 Å². The maximum Gasteiger partial charge on any atom is 0.228 e. The van der Waals surface area contributed by atoms with Crippen LogP contribution in [-0.4, -0.2) is 25.0 Å². The first-order chi connectivity index (χ1) is 8.72. The van der Waals surface area contributed by atoms with Crippen molar-refractivity contribution in [2.45, 2.75) is 39.2 Å². The SMILES string of the molecule is CCN(C(=O)CCNC1CC1)c1ccccc1C. The van der Waals surface area contributed by atoms with Crippen LogP contribution in [0.3, 0.4) is 0 Å². The van der Waals surface area contributed by atoms with Gasteiger partial charge in [0.15, 0.2) is 0 Å². The molecule has 1 aromatic rings. The van der Waals surface area contributed by atoms with Crippen molar-refractivity contribution in [2.24, 2.45) is 0 Å². The van der Waals surface area contributed by atoms with Crippen molar-refractivity contribution in [2.75, 3.05) is 18.0 Å². The van der Waals surface area contributed by atoms with Gasteiger partial charge in [-0.05, 0) is 38.3 Å². The van der Waals surface area contributed by atoms with Crippen molar-refractivity contribution in [3.63, 3.8) is 0 Å². The summed E-state index contributed by atoms with van der Waals surface area (Å²) in [7, 11) is 0. The third-order valence-corrected chi connectivity index (χ3v) is 3.37. The van der Waals surface area contributed by atoms with E-state index in [0.29, 0.717) is 12.5 Å². The van der Waals surface area contributed by atoms with Crippen LogP contribution >= 0.6 is 0 Å². The number of anilines is 1. The van der Waals surface area contributed by atoms with Crippen LogP contribution in [0.15, 0.2) is 24.3 Å². The molecule has 0 radical (unpaired) electrons. The standard InChI is InChI=1S/C15H22N2O/c1-3-17(14-7-5-4-6-12(14)2)15(18)10-11-16-13-8-9-13/h4-7,13,16H,3,8-11H2,1-2H3. The fourth-order valence-electron chi connectivity index (χ4n) is 2.15. The molecule has 0 aliphatic heterocycles. The van der Waals surface area contributed by atoms with Gasteiger partial charge in [-0.25, -0.2) is 0 Å². The Labute approximate surface area is 109 Å². The van der Waals surface area contributed by atoms with Crippen molar-refractivity contribution < 1.29 is 4.79 Å². The summed E-state index contributed by atoms with van der Waals surface area (Å²) in [6, 6.07) is 8.73. The molecule has 0 saturated heterocycles. The molecule has 0 spiro atoms. The molecular weight excluding hydrogens is 224 g/mol. The molecule has 0 heterocycles. The van der Waals surface area contributed by atoms with E-state index < -0.39 is 0 Å². The molecule has 1 aromatic carbocycles. The zero-order chi connectivity index (χ0) is 13.0. The predicted molar refractivity (Wildman–Crippen MR) is 74.8 cm³/mol. The maximum absolute atomic E-state index is 12.2. The predicted octanol–water partition coefficient (Wildman–Crippen LogP) is 2.49. The van der Waals surface area contributed by atoms with E-state index in [1.807, 2.05) is 43.0 Å². The van der Waals surface area contributed by atoms with E-state index in [-0.39, 0.29) is 5.91 Å². The first-order valence-electron chi connectivity index (χ1n) is 6.81. The summed E-state index contributed by atoms with van der Waals surface area (Å²) < 4.78 is 0. The van der Waals surface area contributed by atoms with E-state index in [1.165, 1.54) is 12.8 Å².